The minimum atomic E-state index is -0.0451. The molecule has 1 aliphatic heterocycles. The fourth-order valence-corrected chi connectivity index (χ4v) is 4.50. The Morgan fingerprint density at radius 1 is 1.12 bits per heavy atom. The largest absolute Gasteiger partial charge is 0.496 e. The van der Waals surface area contributed by atoms with Crippen LogP contribution in [0.5, 0.6) is 5.75 Å². The third kappa shape index (κ3) is 3.28. The third-order valence-corrected chi connectivity index (χ3v) is 6.29. The molecule has 1 aliphatic rings. The van der Waals surface area contributed by atoms with Gasteiger partial charge in [0.15, 0.2) is 0 Å². The number of pyridine rings is 2. The fraction of sp³-hybridized carbons (Fsp3) is 0.231. The molecule has 0 saturated heterocycles. The number of methoxy groups -OCH3 is 1. The summed E-state index contributed by atoms with van der Waals surface area (Å²) in [6.07, 6.45) is 12.1. The Labute approximate surface area is 192 Å². The van der Waals surface area contributed by atoms with Crippen LogP contribution in [0.3, 0.4) is 0 Å². The van der Waals surface area contributed by atoms with Gasteiger partial charge in [0.2, 0.25) is 0 Å². The van der Waals surface area contributed by atoms with Crippen LogP contribution in [0.2, 0.25) is 0 Å². The number of aryl methyl sites for hydroxylation is 3. The standard InChI is InChI=1S/C26H25N5O2/c1-6-16-11-27-10-15(2)18(16)7-21-25-20-8-19(17-12-29-30(3)14-17)24(33-5)9-22(20)28-13-23(25)31(4)26(21)32/h7-14H,6H2,1-5H3. The first-order valence-electron chi connectivity index (χ1n) is 10.9. The number of rotatable bonds is 4. The van der Waals surface area contributed by atoms with Crippen LogP contribution in [0.4, 0.5) is 5.69 Å². The first-order valence-corrected chi connectivity index (χ1v) is 10.9. The van der Waals surface area contributed by atoms with E-state index in [0.29, 0.717) is 11.3 Å². The number of carbonyl (C=O) groups is 1. The van der Waals surface area contributed by atoms with E-state index in [9.17, 15) is 4.79 Å². The number of likely N-dealkylation sites (N-methyl/N-ethyl adjacent to an activating group) is 1. The number of carbonyl (C=O) groups excluding carboxylic acids is 1. The molecule has 7 heteroatoms. The van der Waals surface area contributed by atoms with E-state index in [4.69, 9.17) is 4.74 Å². The average Bonchev–Trinajstić information content (AvgIpc) is 3.36. The predicted molar refractivity (Wildman–Crippen MR) is 130 cm³/mol. The summed E-state index contributed by atoms with van der Waals surface area (Å²) in [4.78, 5) is 24.0. The Morgan fingerprint density at radius 3 is 2.64 bits per heavy atom. The normalized spacial score (nSPS) is 14.4. The summed E-state index contributed by atoms with van der Waals surface area (Å²) in [5, 5.41) is 5.21. The lowest BCUT2D eigenvalue weighted by Crippen LogP contribution is -2.20. The van der Waals surface area contributed by atoms with Crippen molar-refractivity contribution < 1.29 is 9.53 Å². The molecule has 1 amide bonds. The van der Waals surface area contributed by atoms with Crippen molar-refractivity contribution >= 4 is 34.1 Å². The highest BCUT2D eigenvalue weighted by Crippen LogP contribution is 2.44. The number of amides is 1. The van der Waals surface area contributed by atoms with E-state index in [1.165, 1.54) is 0 Å². The smallest absolute Gasteiger partial charge is 0.258 e. The SMILES string of the molecule is CCc1cncc(C)c1C=C1C(=O)N(C)c2cnc3cc(OC)c(-c4cnn(C)c4)cc3c21. The average molecular weight is 440 g/mol. The minimum Gasteiger partial charge on any atom is -0.496 e. The second-order valence-electron chi connectivity index (χ2n) is 8.30. The van der Waals surface area contributed by atoms with Gasteiger partial charge in [-0.25, -0.2) is 0 Å². The lowest BCUT2D eigenvalue weighted by molar-refractivity contribution is -0.112. The maximum atomic E-state index is 13.4. The zero-order chi connectivity index (χ0) is 23.3. The summed E-state index contributed by atoms with van der Waals surface area (Å²) >= 11 is 0. The molecule has 33 heavy (non-hydrogen) atoms. The Balaban J connectivity index is 1.81. The highest BCUT2D eigenvalue weighted by molar-refractivity contribution is 6.38. The van der Waals surface area contributed by atoms with Crippen LogP contribution in [0.1, 0.15) is 29.2 Å². The van der Waals surface area contributed by atoms with Crippen LogP contribution >= 0.6 is 0 Å². The number of fused-ring (bicyclic) bond motifs is 3. The molecule has 0 fully saturated rings. The van der Waals surface area contributed by atoms with Gasteiger partial charge in [0.25, 0.3) is 5.91 Å². The number of benzene rings is 1. The Kier molecular flexibility index (Phi) is 4.96. The highest BCUT2D eigenvalue weighted by Gasteiger charge is 2.32. The monoisotopic (exact) mass is 439 g/mol. The summed E-state index contributed by atoms with van der Waals surface area (Å²) in [6.45, 7) is 4.12. The van der Waals surface area contributed by atoms with Crippen molar-refractivity contribution in [1.29, 1.82) is 0 Å². The van der Waals surface area contributed by atoms with Crippen LogP contribution in [0, 0.1) is 6.92 Å². The summed E-state index contributed by atoms with van der Waals surface area (Å²) in [7, 11) is 5.32. The third-order valence-electron chi connectivity index (χ3n) is 6.29. The number of anilines is 1. The molecule has 7 nitrogen and oxygen atoms in total. The molecule has 0 bridgehead atoms. The van der Waals surface area contributed by atoms with Crippen molar-refractivity contribution in [3.8, 4) is 16.9 Å². The number of nitrogens with zero attached hydrogens (tertiary/aromatic N) is 5. The van der Waals surface area contributed by atoms with Crippen LogP contribution in [0.25, 0.3) is 33.7 Å². The van der Waals surface area contributed by atoms with E-state index in [-0.39, 0.29) is 5.91 Å². The molecule has 3 aromatic heterocycles. The van der Waals surface area contributed by atoms with Crippen molar-refractivity contribution in [3.05, 3.63) is 65.4 Å². The molecule has 5 rings (SSSR count). The second kappa shape index (κ2) is 7.85. The molecule has 0 N–H and O–H groups in total. The van der Waals surface area contributed by atoms with Crippen LogP contribution < -0.4 is 9.64 Å². The summed E-state index contributed by atoms with van der Waals surface area (Å²) in [6, 6.07) is 3.98. The Morgan fingerprint density at radius 2 is 1.94 bits per heavy atom. The quantitative estimate of drug-likeness (QED) is 0.440. The van der Waals surface area contributed by atoms with E-state index >= 15 is 0 Å². The molecule has 0 spiro atoms. The fourth-order valence-electron chi connectivity index (χ4n) is 4.50. The molecular formula is C26H25N5O2. The summed E-state index contributed by atoms with van der Waals surface area (Å²) < 4.78 is 7.43. The van der Waals surface area contributed by atoms with E-state index in [1.807, 2.05) is 50.9 Å². The van der Waals surface area contributed by atoms with E-state index < -0.39 is 0 Å². The van der Waals surface area contributed by atoms with E-state index in [0.717, 1.165) is 56.4 Å². The zero-order valence-corrected chi connectivity index (χ0v) is 19.4. The van der Waals surface area contributed by atoms with Crippen molar-refractivity contribution in [2.75, 3.05) is 19.1 Å². The molecule has 4 heterocycles. The van der Waals surface area contributed by atoms with Crippen molar-refractivity contribution in [2.24, 2.45) is 7.05 Å². The maximum absolute atomic E-state index is 13.4. The van der Waals surface area contributed by atoms with Gasteiger partial charge >= 0.3 is 0 Å². The highest BCUT2D eigenvalue weighted by atomic mass is 16.5. The molecule has 4 aromatic rings. The molecule has 166 valence electrons. The van der Waals surface area contributed by atoms with E-state index in [1.54, 1.807) is 29.9 Å². The Bertz CT molecular complexity index is 1450. The predicted octanol–water partition coefficient (Wildman–Crippen LogP) is 4.43. The van der Waals surface area contributed by atoms with Crippen LogP contribution in [-0.4, -0.2) is 39.8 Å². The molecular weight excluding hydrogens is 414 g/mol. The molecule has 0 unspecified atom stereocenters. The summed E-state index contributed by atoms with van der Waals surface area (Å²) in [5.41, 5.74) is 8.16. The van der Waals surface area contributed by atoms with Gasteiger partial charge in [-0.15, -0.1) is 0 Å². The number of hydrogen-bond acceptors (Lipinski definition) is 5. The van der Waals surface area contributed by atoms with Gasteiger partial charge in [-0.2, -0.15) is 5.10 Å². The lowest BCUT2D eigenvalue weighted by Gasteiger charge is -2.13. The van der Waals surface area contributed by atoms with Crippen LogP contribution in [0.15, 0.2) is 43.1 Å². The molecule has 0 saturated carbocycles. The van der Waals surface area contributed by atoms with Gasteiger partial charge in [0.1, 0.15) is 5.75 Å². The van der Waals surface area contributed by atoms with E-state index in [2.05, 4.69) is 28.1 Å². The van der Waals surface area contributed by atoms with Crippen LogP contribution in [-0.2, 0) is 18.3 Å². The first kappa shape index (κ1) is 20.9. The van der Waals surface area contributed by atoms with Crippen molar-refractivity contribution in [1.82, 2.24) is 19.7 Å². The summed E-state index contributed by atoms with van der Waals surface area (Å²) in [5.74, 6) is 0.667. The second-order valence-corrected chi connectivity index (χ2v) is 8.30. The van der Waals surface area contributed by atoms with Gasteiger partial charge < -0.3 is 9.64 Å². The van der Waals surface area contributed by atoms with Gasteiger partial charge in [-0.05, 0) is 42.2 Å². The number of ether oxygens (including phenoxy) is 1. The lowest BCUT2D eigenvalue weighted by atomic mass is 9.95. The Hall–Kier alpha value is -4.00. The number of aromatic nitrogens is 4. The first-order chi connectivity index (χ1) is 15.9. The maximum Gasteiger partial charge on any atom is 0.258 e. The van der Waals surface area contributed by atoms with Gasteiger partial charge in [-0.3, -0.25) is 19.4 Å². The minimum absolute atomic E-state index is 0.0451. The molecule has 0 atom stereocenters. The molecule has 0 aliphatic carbocycles. The zero-order valence-electron chi connectivity index (χ0n) is 19.4. The van der Waals surface area contributed by atoms with Crippen molar-refractivity contribution in [2.45, 2.75) is 20.3 Å². The van der Waals surface area contributed by atoms with Gasteiger partial charge in [0.05, 0.1) is 36.3 Å². The molecule has 0 radical (unpaired) electrons. The van der Waals surface area contributed by atoms with Gasteiger partial charge in [-0.1, -0.05) is 6.92 Å². The topological polar surface area (TPSA) is 73.1 Å². The van der Waals surface area contributed by atoms with Gasteiger partial charge in [0, 0.05) is 60.8 Å². The van der Waals surface area contributed by atoms with Crippen molar-refractivity contribution in [3.63, 3.8) is 0 Å². The number of hydrogen-bond donors (Lipinski definition) is 0. The molecule has 1 aromatic carbocycles.